The van der Waals surface area contributed by atoms with Crippen LogP contribution in [0.15, 0.2) is 29.3 Å². The number of ether oxygens (including phenoxy) is 2. The average molecular weight is 527 g/mol. The first kappa shape index (κ1) is 23.6. The first-order chi connectivity index (χ1) is 14.2. The predicted molar refractivity (Wildman–Crippen MR) is 133 cm³/mol. The third kappa shape index (κ3) is 5.06. The number of halogens is 1. The van der Waals surface area contributed by atoms with Gasteiger partial charge in [0.1, 0.15) is 5.75 Å². The summed E-state index contributed by atoms with van der Waals surface area (Å²) >= 11 is 0. The molecule has 1 aromatic carbocycles. The number of benzene rings is 1. The van der Waals surface area contributed by atoms with E-state index in [0.717, 1.165) is 57.4 Å². The lowest BCUT2D eigenvalue weighted by Crippen LogP contribution is -2.43. The molecule has 2 aliphatic heterocycles. The Hall–Kier alpha value is -1.02. The predicted octanol–water partition coefficient (Wildman–Crippen LogP) is 4.59. The van der Waals surface area contributed by atoms with Gasteiger partial charge in [-0.2, -0.15) is 0 Å². The van der Waals surface area contributed by atoms with E-state index in [2.05, 4.69) is 41.4 Å². The molecule has 2 heterocycles. The quantitative estimate of drug-likeness (QED) is 0.346. The van der Waals surface area contributed by atoms with Gasteiger partial charge in [0.25, 0.3) is 0 Å². The third-order valence-electron chi connectivity index (χ3n) is 7.42. The summed E-state index contributed by atoms with van der Waals surface area (Å²) in [6, 6.07) is 8.59. The van der Waals surface area contributed by atoms with Crippen molar-refractivity contribution in [2.75, 3.05) is 46.5 Å². The van der Waals surface area contributed by atoms with Crippen LogP contribution in [0, 0.1) is 5.41 Å². The van der Waals surface area contributed by atoms with Gasteiger partial charge >= 0.3 is 0 Å². The molecule has 0 amide bonds. The zero-order valence-corrected chi connectivity index (χ0v) is 21.0. The summed E-state index contributed by atoms with van der Waals surface area (Å²) in [6.07, 6.45) is 8.98. The molecule has 0 unspecified atom stereocenters. The Morgan fingerprint density at radius 1 is 1.10 bits per heavy atom. The molecule has 1 spiro atoms. The number of hydrogen-bond acceptors (Lipinski definition) is 3. The van der Waals surface area contributed by atoms with E-state index < -0.39 is 0 Å². The van der Waals surface area contributed by atoms with Crippen LogP contribution in [-0.4, -0.2) is 57.4 Å². The van der Waals surface area contributed by atoms with Crippen molar-refractivity contribution >= 4 is 29.9 Å². The fourth-order valence-electron chi connectivity index (χ4n) is 5.55. The minimum absolute atomic E-state index is 0. The van der Waals surface area contributed by atoms with Gasteiger partial charge in [-0.25, -0.2) is 0 Å². The zero-order chi connectivity index (χ0) is 20.2. The van der Waals surface area contributed by atoms with Gasteiger partial charge in [-0.05, 0) is 62.1 Å². The van der Waals surface area contributed by atoms with E-state index in [9.17, 15) is 0 Å². The van der Waals surface area contributed by atoms with Crippen LogP contribution in [0.5, 0.6) is 5.75 Å². The number of methoxy groups -OCH3 is 1. The molecule has 1 aliphatic carbocycles. The minimum atomic E-state index is 0. The van der Waals surface area contributed by atoms with Crippen molar-refractivity contribution in [2.24, 2.45) is 10.4 Å². The maximum Gasteiger partial charge on any atom is 0.193 e. The Morgan fingerprint density at radius 2 is 1.80 bits per heavy atom. The Kier molecular flexibility index (Phi) is 8.30. The Morgan fingerprint density at radius 3 is 2.43 bits per heavy atom. The lowest BCUT2D eigenvalue weighted by molar-refractivity contribution is 0.0530. The van der Waals surface area contributed by atoms with Crippen LogP contribution in [0.4, 0.5) is 0 Å². The smallest absolute Gasteiger partial charge is 0.193 e. The molecule has 3 aliphatic rings. The van der Waals surface area contributed by atoms with Crippen molar-refractivity contribution < 1.29 is 9.47 Å². The second kappa shape index (κ2) is 10.5. The first-order valence-electron chi connectivity index (χ1n) is 11.4. The number of nitrogens with zero attached hydrogens (tertiary/aromatic N) is 2. The Labute approximate surface area is 199 Å². The number of aliphatic imine (C=N–C) groups is 1. The lowest BCUT2D eigenvalue weighted by atomic mass is 9.74. The van der Waals surface area contributed by atoms with Crippen molar-refractivity contribution in [2.45, 2.75) is 57.3 Å². The average Bonchev–Trinajstić information content (AvgIpc) is 3.41. The van der Waals surface area contributed by atoms with Crippen LogP contribution in [-0.2, 0) is 10.2 Å². The van der Waals surface area contributed by atoms with Crippen molar-refractivity contribution in [1.82, 2.24) is 10.2 Å². The second-order valence-corrected chi connectivity index (χ2v) is 9.17. The van der Waals surface area contributed by atoms with Crippen molar-refractivity contribution in [3.8, 4) is 5.75 Å². The van der Waals surface area contributed by atoms with E-state index in [-0.39, 0.29) is 29.4 Å². The number of nitrogens with one attached hydrogen (secondary N) is 1. The molecule has 6 heteroatoms. The van der Waals surface area contributed by atoms with E-state index >= 15 is 0 Å². The van der Waals surface area contributed by atoms with Crippen LogP contribution < -0.4 is 10.1 Å². The van der Waals surface area contributed by atoms with Crippen molar-refractivity contribution in [3.05, 3.63) is 29.8 Å². The van der Waals surface area contributed by atoms with Crippen LogP contribution in [0.2, 0.25) is 0 Å². The van der Waals surface area contributed by atoms with E-state index in [1.165, 1.54) is 44.2 Å². The molecule has 1 aromatic rings. The third-order valence-corrected chi connectivity index (χ3v) is 7.42. The fraction of sp³-hybridized carbons (Fsp3) is 0.708. The maximum atomic E-state index is 5.71. The number of hydrogen-bond donors (Lipinski definition) is 1. The molecule has 0 bridgehead atoms. The second-order valence-electron chi connectivity index (χ2n) is 9.17. The molecular formula is C24H38IN3O2. The topological polar surface area (TPSA) is 46.1 Å². The summed E-state index contributed by atoms with van der Waals surface area (Å²) in [5.41, 5.74) is 1.97. The summed E-state index contributed by atoms with van der Waals surface area (Å²) in [7, 11) is 1.72. The van der Waals surface area contributed by atoms with Crippen LogP contribution in [0.25, 0.3) is 0 Å². The van der Waals surface area contributed by atoms with Crippen LogP contribution in [0.3, 0.4) is 0 Å². The Bertz CT molecular complexity index is 695. The van der Waals surface area contributed by atoms with Gasteiger partial charge in [0, 0.05) is 38.3 Å². The maximum absolute atomic E-state index is 5.71. The fourth-order valence-corrected chi connectivity index (χ4v) is 5.55. The monoisotopic (exact) mass is 527 g/mol. The summed E-state index contributed by atoms with van der Waals surface area (Å²) in [6.45, 7) is 7.85. The van der Waals surface area contributed by atoms with E-state index in [1.54, 1.807) is 7.11 Å². The van der Waals surface area contributed by atoms with E-state index in [4.69, 9.17) is 14.5 Å². The van der Waals surface area contributed by atoms with Gasteiger partial charge in [-0.15, -0.1) is 24.0 Å². The molecule has 168 valence electrons. The number of guanidine groups is 1. The van der Waals surface area contributed by atoms with Crippen LogP contribution in [0.1, 0.15) is 57.4 Å². The summed E-state index contributed by atoms with van der Waals surface area (Å²) in [5, 5.41) is 3.58. The van der Waals surface area contributed by atoms with Crippen LogP contribution >= 0.6 is 24.0 Å². The lowest BCUT2D eigenvalue weighted by Gasteiger charge is -2.37. The van der Waals surface area contributed by atoms with Gasteiger partial charge in [0.05, 0.1) is 13.7 Å². The molecule has 0 radical (unpaired) electrons. The molecule has 2 saturated heterocycles. The van der Waals surface area contributed by atoms with Gasteiger partial charge in [-0.3, -0.25) is 4.99 Å². The largest absolute Gasteiger partial charge is 0.497 e. The van der Waals surface area contributed by atoms with Gasteiger partial charge in [0.2, 0.25) is 0 Å². The zero-order valence-electron chi connectivity index (χ0n) is 18.6. The summed E-state index contributed by atoms with van der Waals surface area (Å²) in [4.78, 5) is 7.73. The van der Waals surface area contributed by atoms with Crippen molar-refractivity contribution in [1.29, 1.82) is 0 Å². The molecule has 0 atom stereocenters. The van der Waals surface area contributed by atoms with Gasteiger partial charge < -0.3 is 19.7 Å². The molecule has 5 nitrogen and oxygen atoms in total. The standard InChI is InChI=1S/C24H37N3O2.HI/c1-3-25-22(27-15-12-23(19-27)10-4-5-11-23)26-18-24(13-16-29-17-14-24)20-6-8-21(28-2)9-7-20;/h6-9H,3-5,10-19H2,1-2H3,(H,25,26);1H. The number of likely N-dealkylation sites (tertiary alicyclic amines) is 1. The molecule has 1 saturated carbocycles. The normalized spacial score (nSPS) is 22.7. The highest BCUT2D eigenvalue weighted by molar-refractivity contribution is 14.0. The SMILES string of the molecule is CCNC(=NCC1(c2ccc(OC)cc2)CCOCC1)N1CCC2(CCCC2)C1.I. The molecule has 4 rings (SSSR count). The van der Waals surface area contributed by atoms with Gasteiger partial charge in [-0.1, -0.05) is 25.0 Å². The number of rotatable bonds is 5. The highest BCUT2D eigenvalue weighted by Crippen LogP contribution is 2.45. The van der Waals surface area contributed by atoms with Gasteiger partial charge in [0.15, 0.2) is 5.96 Å². The summed E-state index contributed by atoms with van der Waals surface area (Å²) in [5.74, 6) is 2.02. The molecule has 30 heavy (non-hydrogen) atoms. The minimum Gasteiger partial charge on any atom is -0.497 e. The molecular weight excluding hydrogens is 489 g/mol. The highest BCUT2D eigenvalue weighted by atomic mass is 127. The molecule has 0 aromatic heterocycles. The Balaban J connectivity index is 0.00000256. The van der Waals surface area contributed by atoms with E-state index in [0.29, 0.717) is 5.41 Å². The molecule has 1 N–H and O–H groups in total. The van der Waals surface area contributed by atoms with E-state index in [1.807, 2.05) is 0 Å². The molecule has 3 fully saturated rings. The first-order valence-corrected chi connectivity index (χ1v) is 11.4. The van der Waals surface area contributed by atoms with Crippen molar-refractivity contribution in [3.63, 3.8) is 0 Å². The highest BCUT2D eigenvalue weighted by Gasteiger charge is 2.41. The summed E-state index contributed by atoms with van der Waals surface area (Å²) < 4.78 is 11.1.